The first-order chi connectivity index (χ1) is 11.6. The molecule has 2 N–H and O–H groups in total. The lowest BCUT2D eigenvalue weighted by molar-refractivity contribution is -0.148. The number of hydrogen-bond acceptors (Lipinski definition) is 6. The van der Waals surface area contributed by atoms with Gasteiger partial charge in [-0.15, -0.1) is 0 Å². The Morgan fingerprint density at radius 3 is 2.83 bits per heavy atom. The second kappa shape index (κ2) is 6.88. The summed E-state index contributed by atoms with van der Waals surface area (Å²) in [6, 6.07) is 0. The Hall–Kier alpha value is -1.96. The number of furan rings is 1. The first-order valence-electron chi connectivity index (χ1n) is 7.94. The van der Waals surface area contributed by atoms with Crippen molar-refractivity contribution < 1.29 is 23.5 Å². The van der Waals surface area contributed by atoms with Crippen molar-refractivity contribution in [1.82, 2.24) is 10.6 Å². The summed E-state index contributed by atoms with van der Waals surface area (Å²) in [7, 11) is 1.31. The smallest absolute Gasteiger partial charge is 0.331 e. The van der Waals surface area contributed by atoms with Crippen molar-refractivity contribution in [1.29, 1.82) is 0 Å². The van der Waals surface area contributed by atoms with E-state index in [1.807, 2.05) is 0 Å². The van der Waals surface area contributed by atoms with Crippen LogP contribution in [0.2, 0.25) is 0 Å². The van der Waals surface area contributed by atoms with Gasteiger partial charge >= 0.3 is 5.97 Å². The van der Waals surface area contributed by atoms with Gasteiger partial charge in [-0.05, 0) is 30.8 Å². The lowest BCUT2D eigenvalue weighted by Crippen LogP contribution is -2.57. The fourth-order valence-electron chi connectivity index (χ4n) is 3.12. The molecule has 0 spiro atoms. The van der Waals surface area contributed by atoms with Crippen LogP contribution in [0.3, 0.4) is 0 Å². The lowest BCUT2D eigenvalue weighted by Gasteiger charge is -2.34. The molecule has 1 saturated heterocycles. The Morgan fingerprint density at radius 1 is 1.38 bits per heavy atom. The van der Waals surface area contributed by atoms with Crippen molar-refractivity contribution in [3.05, 3.63) is 23.2 Å². The maximum Gasteiger partial charge on any atom is 0.331 e. The van der Waals surface area contributed by atoms with Crippen LogP contribution >= 0.6 is 11.8 Å². The van der Waals surface area contributed by atoms with Crippen LogP contribution in [0.25, 0.3) is 0 Å². The molecule has 0 aromatic carbocycles. The minimum Gasteiger partial charge on any atom is -0.468 e. The standard InChI is InChI=1S/C16H20N2O5S/c1-22-15(21)16(4-7-24-8-5-16)18-13(19)10-9-23-11-3-2-6-17-14(20)12(10)11/h9H,2-8H2,1H3,(H,17,20)(H,18,19). The Balaban J connectivity index is 1.88. The zero-order valence-electron chi connectivity index (χ0n) is 13.5. The van der Waals surface area contributed by atoms with Gasteiger partial charge < -0.3 is 19.8 Å². The highest BCUT2D eigenvalue weighted by Gasteiger charge is 2.43. The highest BCUT2D eigenvalue weighted by Crippen LogP contribution is 2.29. The number of rotatable bonds is 3. The molecule has 3 heterocycles. The zero-order valence-corrected chi connectivity index (χ0v) is 14.3. The van der Waals surface area contributed by atoms with Crippen molar-refractivity contribution in [2.24, 2.45) is 0 Å². The number of nitrogens with one attached hydrogen (secondary N) is 2. The van der Waals surface area contributed by atoms with Crippen molar-refractivity contribution in [3.63, 3.8) is 0 Å². The molecular weight excluding hydrogens is 332 g/mol. The number of aryl methyl sites for hydroxylation is 1. The maximum absolute atomic E-state index is 12.8. The molecule has 1 fully saturated rings. The predicted octanol–water partition coefficient (Wildman–Crippen LogP) is 1.12. The number of fused-ring (bicyclic) bond motifs is 1. The van der Waals surface area contributed by atoms with Crippen molar-refractivity contribution in [2.45, 2.75) is 31.2 Å². The predicted molar refractivity (Wildman–Crippen MR) is 88.1 cm³/mol. The van der Waals surface area contributed by atoms with Crippen LogP contribution < -0.4 is 10.6 Å². The minimum absolute atomic E-state index is 0.172. The summed E-state index contributed by atoms with van der Waals surface area (Å²) < 4.78 is 10.3. The number of carbonyl (C=O) groups excluding carboxylic acids is 3. The third kappa shape index (κ3) is 3.02. The topological polar surface area (TPSA) is 97.6 Å². The van der Waals surface area contributed by atoms with Crippen LogP contribution in [0.4, 0.5) is 0 Å². The second-order valence-electron chi connectivity index (χ2n) is 5.95. The number of esters is 1. The van der Waals surface area contributed by atoms with Gasteiger partial charge in [0.2, 0.25) is 0 Å². The van der Waals surface area contributed by atoms with E-state index in [2.05, 4.69) is 10.6 Å². The van der Waals surface area contributed by atoms with Crippen LogP contribution in [0.1, 0.15) is 45.7 Å². The fourth-order valence-corrected chi connectivity index (χ4v) is 4.31. The monoisotopic (exact) mass is 352 g/mol. The first kappa shape index (κ1) is 16.9. The van der Waals surface area contributed by atoms with Crippen molar-refractivity contribution >= 4 is 29.5 Å². The summed E-state index contributed by atoms with van der Waals surface area (Å²) in [5, 5.41) is 5.57. The van der Waals surface area contributed by atoms with E-state index in [9.17, 15) is 14.4 Å². The summed E-state index contributed by atoms with van der Waals surface area (Å²) in [5.41, 5.74) is -0.594. The number of carbonyl (C=O) groups is 3. The van der Waals surface area contributed by atoms with Crippen molar-refractivity contribution in [2.75, 3.05) is 25.2 Å². The highest BCUT2D eigenvalue weighted by atomic mass is 32.2. The molecule has 7 nitrogen and oxygen atoms in total. The SMILES string of the molecule is COC(=O)C1(NC(=O)c2coc3c2C(=O)NCCC3)CCSCC1. The molecule has 1 aromatic heterocycles. The van der Waals surface area contributed by atoms with Crippen LogP contribution in [0.5, 0.6) is 0 Å². The van der Waals surface area contributed by atoms with E-state index in [0.717, 1.165) is 17.9 Å². The normalized spacial score (nSPS) is 19.6. The number of methoxy groups -OCH3 is 1. The van der Waals surface area contributed by atoms with E-state index in [-0.39, 0.29) is 17.0 Å². The molecule has 0 atom stereocenters. The Labute approximate surface area is 143 Å². The molecule has 0 bridgehead atoms. The van der Waals surface area contributed by atoms with Crippen molar-refractivity contribution in [3.8, 4) is 0 Å². The van der Waals surface area contributed by atoms with Gasteiger partial charge in [0.15, 0.2) is 0 Å². The van der Waals surface area contributed by atoms with Gasteiger partial charge in [0, 0.05) is 13.0 Å². The van der Waals surface area contributed by atoms with E-state index in [1.54, 1.807) is 11.8 Å². The summed E-state index contributed by atoms with van der Waals surface area (Å²) >= 11 is 1.73. The fraction of sp³-hybridized carbons (Fsp3) is 0.562. The average molecular weight is 352 g/mol. The van der Waals surface area contributed by atoms with Gasteiger partial charge in [0.1, 0.15) is 17.6 Å². The summed E-state index contributed by atoms with van der Waals surface area (Å²) in [5.74, 6) is 0.803. The van der Waals surface area contributed by atoms with Gasteiger partial charge in [-0.1, -0.05) is 0 Å². The number of thioether (sulfide) groups is 1. The van der Waals surface area contributed by atoms with E-state index in [1.165, 1.54) is 13.4 Å². The third-order valence-electron chi connectivity index (χ3n) is 4.48. The highest BCUT2D eigenvalue weighted by molar-refractivity contribution is 7.99. The molecule has 24 heavy (non-hydrogen) atoms. The zero-order chi connectivity index (χ0) is 17.2. The van der Waals surface area contributed by atoms with Crippen LogP contribution in [-0.2, 0) is 16.0 Å². The number of amides is 2. The molecule has 0 saturated carbocycles. The Morgan fingerprint density at radius 2 is 2.12 bits per heavy atom. The largest absolute Gasteiger partial charge is 0.468 e. The summed E-state index contributed by atoms with van der Waals surface area (Å²) in [4.78, 5) is 37.2. The quantitative estimate of drug-likeness (QED) is 0.792. The van der Waals surface area contributed by atoms with E-state index < -0.39 is 17.4 Å². The van der Waals surface area contributed by atoms with Crippen LogP contribution in [0, 0.1) is 0 Å². The molecule has 2 amide bonds. The molecule has 2 aliphatic rings. The molecule has 0 aliphatic carbocycles. The molecule has 2 aliphatic heterocycles. The first-order valence-corrected chi connectivity index (χ1v) is 9.10. The van der Waals surface area contributed by atoms with Gasteiger partial charge in [0.25, 0.3) is 11.8 Å². The Kier molecular flexibility index (Phi) is 4.84. The summed E-state index contributed by atoms with van der Waals surface area (Å²) in [6.07, 6.45) is 3.66. The van der Waals surface area contributed by atoms with Crippen LogP contribution in [-0.4, -0.2) is 48.5 Å². The molecular formula is C16H20N2O5S. The van der Waals surface area contributed by atoms with E-state index >= 15 is 0 Å². The lowest BCUT2D eigenvalue weighted by atomic mass is 9.91. The molecule has 1 aromatic rings. The average Bonchev–Trinajstić information content (AvgIpc) is 2.94. The maximum atomic E-state index is 12.8. The molecule has 0 unspecified atom stereocenters. The number of hydrogen-bond donors (Lipinski definition) is 2. The van der Waals surface area contributed by atoms with Gasteiger partial charge in [0.05, 0.1) is 18.2 Å². The van der Waals surface area contributed by atoms with Gasteiger partial charge in [-0.2, -0.15) is 11.8 Å². The van der Waals surface area contributed by atoms with E-state index in [4.69, 9.17) is 9.15 Å². The molecule has 0 radical (unpaired) electrons. The second-order valence-corrected chi connectivity index (χ2v) is 7.17. The summed E-state index contributed by atoms with van der Waals surface area (Å²) in [6.45, 7) is 0.549. The molecule has 3 rings (SSSR count). The van der Waals surface area contributed by atoms with E-state index in [0.29, 0.717) is 31.6 Å². The van der Waals surface area contributed by atoms with Gasteiger partial charge in [-0.3, -0.25) is 9.59 Å². The Bertz CT molecular complexity index is 663. The molecule has 8 heteroatoms. The number of ether oxygens (including phenoxy) is 1. The minimum atomic E-state index is -1.04. The third-order valence-corrected chi connectivity index (χ3v) is 5.47. The molecule has 130 valence electrons. The van der Waals surface area contributed by atoms with Gasteiger partial charge in [-0.25, -0.2) is 4.79 Å². The van der Waals surface area contributed by atoms with Crippen LogP contribution in [0.15, 0.2) is 10.7 Å².